The first kappa shape index (κ1) is 14.8. The van der Waals surface area contributed by atoms with Crippen LogP contribution >= 0.6 is 0 Å². The second-order valence-corrected chi connectivity index (χ2v) is 5.82. The number of nitrogens with zero attached hydrogens (tertiary/aromatic N) is 1. The van der Waals surface area contributed by atoms with Crippen molar-refractivity contribution in [1.29, 1.82) is 0 Å². The third kappa shape index (κ3) is 3.48. The normalized spacial score (nSPS) is 11.7. The summed E-state index contributed by atoms with van der Waals surface area (Å²) in [6.45, 7) is 1.12. The lowest BCUT2D eigenvalue weighted by Crippen LogP contribution is -2.28. The summed E-state index contributed by atoms with van der Waals surface area (Å²) in [7, 11) is -3.85. The average Bonchev–Trinajstić information content (AvgIpc) is 2.86. The maximum Gasteiger partial charge on any atom is 0.264 e. The Balaban J connectivity index is 2.28. The molecule has 0 spiro atoms. The number of nitrogens with one attached hydrogen (secondary N) is 1. The number of carbonyl (C=O) groups is 1. The Hall–Kier alpha value is -2.61. The second kappa shape index (κ2) is 5.80. The van der Waals surface area contributed by atoms with Gasteiger partial charge < -0.3 is 9.62 Å². The predicted octanol–water partition coefficient (Wildman–Crippen LogP) is 1.58. The van der Waals surface area contributed by atoms with Gasteiger partial charge in [0.1, 0.15) is 17.7 Å². The van der Waals surface area contributed by atoms with Crippen molar-refractivity contribution >= 4 is 22.1 Å². The molecular formula is C13H12N2O5S. The van der Waals surface area contributed by atoms with E-state index in [1.807, 2.05) is 4.72 Å². The van der Waals surface area contributed by atoms with E-state index < -0.39 is 15.9 Å². The van der Waals surface area contributed by atoms with Crippen LogP contribution in [-0.4, -0.2) is 25.7 Å². The number of oxime groups is 1. The van der Waals surface area contributed by atoms with Gasteiger partial charge in [0, 0.05) is 12.5 Å². The molecule has 2 aromatic rings. The molecule has 7 nitrogen and oxygen atoms in total. The van der Waals surface area contributed by atoms with Crippen LogP contribution in [0.1, 0.15) is 12.7 Å². The van der Waals surface area contributed by atoms with Gasteiger partial charge in [0.2, 0.25) is 5.91 Å². The lowest BCUT2D eigenvalue weighted by molar-refractivity contribution is -0.117. The summed E-state index contributed by atoms with van der Waals surface area (Å²) in [4.78, 5) is 10.8. The summed E-state index contributed by atoms with van der Waals surface area (Å²) in [5.74, 6) is 0.203. The molecule has 0 atom stereocenters. The number of hydrogen-bond donors (Lipinski definition) is 2. The highest BCUT2D eigenvalue weighted by atomic mass is 32.2. The van der Waals surface area contributed by atoms with E-state index in [4.69, 9.17) is 9.62 Å². The molecular weight excluding hydrogens is 296 g/mol. The molecule has 0 saturated carbocycles. The fraction of sp³-hybridized carbons (Fsp3) is 0.0769. The van der Waals surface area contributed by atoms with Crippen molar-refractivity contribution in [3.8, 4) is 11.3 Å². The molecule has 110 valence electrons. The molecule has 0 saturated heterocycles. The van der Waals surface area contributed by atoms with Crippen molar-refractivity contribution in [2.24, 2.45) is 5.16 Å². The van der Waals surface area contributed by atoms with Crippen LogP contribution in [0.25, 0.3) is 11.3 Å². The van der Waals surface area contributed by atoms with Crippen LogP contribution in [0.3, 0.4) is 0 Å². The Morgan fingerprint density at radius 3 is 2.48 bits per heavy atom. The Morgan fingerprint density at radius 2 is 1.90 bits per heavy atom. The topological polar surface area (TPSA) is 109 Å². The molecule has 1 aromatic carbocycles. The van der Waals surface area contributed by atoms with Crippen molar-refractivity contribution in [3.63, 3.8) is 0 Å². The fourth-order valence-electron chi connectivity index (χ4n) is 1.68. The predicted molar refractivity (Wildman–Crippen MR) is 74.5 cm³/mol. The zero-order chi connectivity index (χ0) is 15.5. The third-order valence-electron chi connectivity index (χ3n) is 2.54. The SMILES string of the molecule is CC(=O)NS(=O)(=O)c1ccc(-c2ccc(/C=N\O)o2)cc1. The second-order valence-electron chi connectivity index (χ2n) is 4.13. The number of benzene rings is 1. The number of furan rings is 1. The maximum atomic E-state index is 11.8. The molecule has 0 unspecified atom stereocenters. The van der Waals surface area contributed by atoms with Gasteiger partial charge >= 0.3 is 0 Å². The zero-order valence-corrected chi connectivity index (χ0v) is 11.8. The Labute approximate surface area is 120 Å². The molecule has 1 aromatic heterocycles. The number of rotatable bonds is 4. The summed E-state index contributed by atoms with van der Waals surface area (Å²) in [6.07, 6.45) is 1.14. The molecule has 8 heteroatoms. The van der Waals surface area contributed by atoms with Crippen molar-refractivity contribution < 1.29 is 22.8 Å². The molecule has 0 fully saturated rings. The summed E-state index contributed by atoms with van der Waals surface area (Å²) in [5.41, 5.74) is 0.648. The van der Waals surface area contributed by atoms with Crippen LogP contribution in [-0.2, 0) is 14.8 Å². The summed E-state index contributed by atoms with van der Waals surface area (Å²) < 4.78 is 30.8. The van der Waals surface area contributed by atoms with Gasteiger partial charge in [0.25, 0.3) is 10.0 Å². The molecule has 0 aliphatic heterocycles. The largest absolute Gasteiger partial charge is 0.455 e. The summed E-state index contributed by atoms with van der Waals surface area (Å²) in [5, 5.41) is 11.3. The van der Waals surface area contributed by atoms with Gasteiger partial charge in [-0.25, -0.2) is 13.1 Å². The van der Waals surface area contributed by atoms with Crippen LogP contribution in [0.2, 0.25) is 0 Å². The molecule has 0 aliphatic carbocycles. The van der Waals surface area contributed by atoms with E-state index in [-0.39, 0.29) is 4.90 Å². The molecule has 0 aliphatic rings. The van der Waals surface area contributed by atoms with E-state index in [0.29, 0.717) is 17.1 Å². The van der Waals surface area contributed by atoms with Gasteiger partial charge in [-0.15, -0.1) is 0 Å². The monoisotopic (exact) mass is 308 g/mol. The molecule has 2 N–H and O–H groups in total. The summed E-state index contributed by atoms with van der Waals surface area (Å²) >= 11 is 0. The van der Waals surface area contributed by atoms with Gasteiger partial charge in [-0.3, -0.25) is 4.79 Å². The minimum absolute atomic E-state index is 0.0230. The highest BCUT2D eigenvalue weighted by Crippen LogP contribution is 2.23. The minimum Gasteiger partial charge on any atom is -0.455 e. The maximum absolute atomic E-state index is 11.8. The van der Waals surface area contributed by atoms with E-state index in [9.17, 15) is 13.2 Å². The summed E-state index contributed by atoms with van der Waals surface area (Å²) in [6, 6.07) is 9.10. The van der Waals surface area contributed by atoms with Crippen molar-refractivity contribution in [2.75, 3.05) is 0 Å². The van der Waals surface area contributed by atoms with E-state index in [1.54, 1.807) is 24.3 Å². The van der Waals surface area contributed by atoms with Crippen LogP contribution < -0.4 is 4.72 Å². The van der Waals surface area contributed by atoms with E-state index in [1.165, 1.54) is 12.1 Å². The van der Waals surface area contributed by atoms with Gasteiger partial charge in [0.05, 0.1) is 4.90 Å². The average molecular weight is 308 g/mol. The van der Waals surface area contributed by atoms with Crippen molar-refractivity contribution in [3.05, 3.63) is 42.2 Å². The molecule has 2 rings (SSSR count). The molecule has 0 bridgehead atoms. The van der Waals surface area contributed by atoms with E-state index >= 15 is 0 Å². The van der Waals surface area contributed by atoms with E-state index in [0.717, 1.165) is 13.1 Å². The van der Waals surface area contributed by atoms with Crippen LogP contribution in [0, 0.1) is 0 Å². The third-order valence-corrected chi connectivity index (χ3v) is 3.99. The lowest BCUT2D eigenvalue weighted by atomic mass is 10.2. The first-order valence-corrected chi connectivity index (χ1v) is 7.32. The standard InChI is InChI=1S/C13H12N2O5S/c1-9(16)15-21(18,19)12-5-2-10(3-6-12)13-7-4-11(20-13)8-14-17/h2-8,17H,1H3,(H,15,16)/b14-8-. The molecule has 1 amide bonds. The highest BCUT2D eigenvalue weighted by molar-refractivity contribution is 7.90. The number of carbonyl (C=O) groups excluding carboxylic acids is 1. The smallest absolute Gasteiger partial charge is 0.264 e. The van der Waals surface area contributed by atoms with Crippen molar-refractivity contribution in [1.82, 2.24) is 4.72 Å². The van der Waals surface area contributed by atoms with Gasteiger partial charge in [-0.1, -0.05) is 5.16 Å². The number of amides is 1. The molecule has 21 heavy (non-hydrogen) atoms. The molecule has 1 heterocycles. The Bertz CT molecular complexity index is 775. The Kier molecular flexibility index (Phi) is 4.08. The van der Waals surface area contributed by atoms with E-state index in [2.05, 4.69) is 5.16 Å². The van der Waals surface area contributed by atoms with Crippen LogP contribution in [0.15, 0.2) is 50.9 Å². The van der Waals surface area contributed by atoms with Crippen LogP contribution in [0.5, 0.6) is 0 Å². The number of hydrogen-bond acceptors (Lipinski definition) is 6. The van der Waals surface area contributed by atoms with Crippen molar-refractivity contribution in [2.45, 2.75) is 11.8 Å². The fourth-order valence-corrected chi connectivity index (χ4v) is 2.67. The lowest BCUT2D eigenvalue weighted by Gasteiger charge is -2.05. The quantitative estimate of drug-likeness (QED) is 0.506. The van der Waals surface area contributed by atoms with Gasteiger partial charge in [-0.2, -0.15) is 0 Å². The van der Waals surface area contributed by atoms with Gasteiger partial charge in [0.15, 0.2) is 0 Å². The zero-order valence-electron chi connectivity index (χ0n) is 11.0. The number of sulfonamides is 1. The van der Waals surface area contributed by atoms with Gasteiger partial charge in [-0.05, 0) is 36.4 Å². The van der Waals surface area contributed by atoms with Crippen LogP contribution in [0.4, 0.5) is 0 Å². The Morgan fingerprint density at radius 1 is 1.24 bits per heavy atom. The first-order chi connectivity index (χ1) is 9.92. The minimum atomic E-state index is -3.85. The first-order valence-electron chi connectivity index (χ1n) is 5.83. The molecule has 0 radical (unpaired) electrons. The highest BCUT2D eigenvalue weighted by Gasteiger charge is 2.15.